The molecule has 0 aliphatic carbocycles. The topological polar surface area (TPSA) is 52.6 Å². The highest BCUT2D eigenvalue weighted by Crippen LogP contribution is 1.98. The van der Waals surface area contributed by atoms with Crippen molar-refractivity contribution in [2.24, 2.45) is 0 Å². The van der Waals surface area contributed by atoms with Gasteiger partial charge in [0.1, 0.15) is 0 Å². The number of unbranched alkanes of at least 4 members (excludes halogenated alkanes) is 1. The Morgan fingerprint density at radius 1 is 1.31 bits per heavy atom. The SMILES string of the molecule is CCCOC(=O)CCCCO[C]=O. The smallest absolute Gasteiger partial charge is 0.417 e. The lowest BCUT2D eigenvalue weighted by Crippen LogP contribution is -2.05. The van der Waals surface area contributed by atoms with Crippen LogP contribution in [0.2, 0.25) is 0 Å². The van der Waals surface area contributed by atoms with Crippen LogP contribution in [0.5, 0.6) is 0 Å². The van der Waals surface area contributed by atoms with Gasteiger partial charge in [0.2, 0.25) is 0 Å². The second-order valence-electron chi connectivity index (χ2n) is 2.61. The molecule has 0 aliphatic heterocycles. The van der Waals surface area contributed by atoms with Gasteiger partial charge in [-0.05, 0) is 19.3 Å². The molecule has 0 amide bonds. The van der Waals surface area contributed by atoms with E-state index in [9.17, 15) is 9.59 Å². The van der Waals surface area contributed by atoms with Gasteiger partial charge in [-0.15, -0.1) is 0 Å². The fourth-order valence-electron chi connectivity index (χ4n) is 0.773. The third-order valence-electron chi connectivity index (χ3n) is 1.40. The Labute approximate surface area is 78.2 Å². The molecule has 0 saturated carbocycles. The highest BCUT2D eigenvalue weighted by Gasteiger charge is 2.00. The van der Waals surface area contributed by atoms with Gasteiger partial charge in [-0.3, -0.25) is 4.79 Å². The number of ether oxygens (including phenoxy) is 2. The van der Waals surface area contributed by atoms with Crippen molar-refractivity contribution in [1.82, 2.24) is 0 Å². The van der Waals surface area contributed by atoms with Gasteiger partial charge in [0.05, 0.1) is 13.2 Å². The van der Waals surface area contributed by atoms with Gasteiger partial charge in [-0.1, -0.05) is 6.92 Å². The van der Waals surface area contributed by atoms with E-state index in [1.54, 1.807) is 0 Å². The summed E-state index contributed by atoms with van der Waals surface area (Å²) >= 11 is 0. The molecule has 0 saturated heterocycles. The van der Waals surface area contributed by atoms with E-state index in [2.05, 4.69) is 4.74 Å². The standard InChI is InChI=1S/C9H15O4/c1-2-6-13-9(11)5-3-4-7-12-8-10/h2-7H2,1H3. The lowest BCUT2D eigenvalue weighted by Gasteiger charge is -2.01. The molecule has 0 aromatic carbocycles. The Kier molecular flexibility index (Phi) is 8.30. The van der Waals surface area contributed by atoms with Crippen molar-refractivity contribution in [2.75, 3.05) is 13.2 Å². The molecule has 0 aromatic heterocycles. The molecule has 0 bridgehead atoms. The van der Waals surface area contributed by atoms with Gasteiger partial charge in [0.25, 0.3) is 0 Å². The van der Waals surface area contributed by atoms with E-state index in [0.717, 1.165) is 6.42 Å². The molecule has 4 heteroatoms. The third kappa shape index (κ3) is 8.85. The zero-order valence-corrected chi connectivity index (χ0v) is 7.88. The van der Waals surface area contributed by atoms with E-state index in [1.165, 1.54) is 6.47 Å². The summed E-state index contributed by atoms with van der Waals surface area (Å²) in [7, 11) is 0. The Hall–Kier alpha value is -1.06. The van der Waals surface area contributed by atoms with Crippen molar-refractivity contribution in [3.8, 4) is 0 Å². The molecule has 0 aromatic rings. The number of carbonyl (C=O) groups excluding carboxylic acids is 2. The van der Waals surface area contributed by atoms with E-state index in [0.29, 0.717) is 32.5 Å². The molecule has 0 aliphatic rings. The summed E-state index contributed by atoms with van der Waals surface area (Å²) in [4.78, 5) is 20.5. The van der Waals surface area contributed by atoms with Crippen LogP contribution >= 0.6 is 0 Å². The minimum atomic E-state index is -0.183. The molecular formula is C9H15O4. The van der Waals surface area contributed by atoms with E-state index in [4.69, 9.17) is 4.74 Å². The Balaban J connectivity index is 3.12. The zero-order chi connectivity index (χ0) is 9.94. The van der Waals surface area contributed by atoms with Crippen molar-refractivity contribution >= 4 is 12.4 Å². The van der Waals surface area contributed by atoms with Crippen LogP contribution in [0.3, 0.4) is 0 Å². The van der Waals surface area contributed by atoms with E-state index < -0.39 is 0 Å². The molecule has 0 rings (SSSR count). The highest BCUT2D eigenvalue weighted by molar-refractivity contribution is 5.69. The first kappa shape index (κ1) is 11.9. The second-order valence-corrected chi connectivity index (χ2v) is 2.61. The van der Waals surface area contributed by atoms with Gasteiger partial charge in [0.15, 0.2) is 0 Å². The quantitative estimate of drug-likeness (QED) is 0.423. The monoisotopic (exact) mass is 187 g/mol. The fourth-order valence-corrected chi connectivity index (χ4v) is 0.773. The van der Waals surface area contributed by atoms with Gasteiger partial charge in [-0.25, -0.2) is 4.79 Å². The maximum Gasteiger partial charge on any atom is 0.417 e. The van der Waals surface area contributed by atoms with Crippen LogP contribution in [-0.2, 0) is 19.1 Å². The van der Waals surface area contributed by atoms with Crippen molar-refractivity contribution in [3.63, 3.8) is 0 Å². The van der Waals surface area contributed by atoms with Crippen LogP contribution < -0.4 is 0 Å². The van der Waals surface area contributed by atoms with Gasteiger partial charge in [0, 0.05) is 6.42 Å². The molecule has 0 spiro atoms. The van der Waals surface area contributed by atoms with Crippen LogP contribution in [0, 0.1) is 0 Å². The molecule has 13 heavy (non-hydrogen) atoms. The largest absolute Gasteiger partial charge is 0.466 e. The average molecular weight is 187 g/mol. The first-order valence-corrected chi connectivity index (χ1v) is 4.45. The minimum Gasteiger partial charge on any atom is -0.466 e. The first-order valence-electron chi connectivity index (χ1n) is 4.45. The predicted molar refractivity (Wildman–Crippen MR) is 46.7 cm³/mol. The van der Waals surface area contributed by atoms with Crippen molar-refractivity contribution in [2.45, 2.75) is 32.6 Å². The minimum absolute atomic E-state index is 0.183. The van der Waals surface area contributed by atoms with Crippen molar-refractivity contribution in [1.29, 1.82) is 0 Å². The molecule has 0 fully saturated rings. The summed E-state index contributed by atoms with van der Waals surface area (Å²) in [5, 5.41) is 0. The Bertz CT molecular complexity index is 145. The van der Waals surface area contributed by atoms with Crippen LogP contribution in [0.25, 0.3) is 0 Å². The number of esters is 1. The molecule has 0 atom stereocenters. The maximum atomic E-state index is 10.9. The molecule has 1 radical (unpaired) electrons. The zero-order valence-electron chi connectivity index (χ0n) is 7.88. The van der Waals surface area contributed by atoms with E-state index >= 15 is 0 Å². The number of carbonyl (C=O) groups is 1. The van der Waals surface area contributed by atoms with Crippen LogP contribution in [0.4, 0.5) is 0 Å². The van der Waals surface area contributed by atoms with E-state index in [-0.39, 0.29) is 5.97 Å². The van der Waals surface area contributed by atoms with Crippen molar-refractivity contribution < 1.29 is 19.1 Å². The molecule has 0 unspecified atom stereocenters. The summed E-state index contributed by atoms with van der Waals surface area (Å²) in [5.41, 5.74) is 0. The average Bonchev–Trinajstić information content (AvgIpc) is 2.14. The molecule has 4 nitrogen and oxygen atoms in total. The van der Waals surface area contributed by atoms with Crippen molar-refractivity contribution in [3.05, 3.63) is 0 Å². The summed E-state index contributed by atoms with van der Waals surface area (Å²) in [6.45, 7) is 4.08. The second kappa shape index (κ2) is 9.03. The molecule has 0 heterocycles. The summed E-state index contributed by atoms with van der Waals surface area (Å²) in [6, 6.07) is 0. The number of hydrogen-bond acceptors (Lipinski definition) is 4. The number of rotatable bonds is 8. The molecule has 0 N–H and O–H groups in total. The van der Waals surface area contributed by atoms with Crippen LogP contribution in [0.1, 0.15) is 32.6 Å². The maximum absolute atomic E-state index is 10.9. The highest BCUT2D eigenvalue weighted by atomic mass is 16.5. The Morgan fingerprint density at radius 2 is 2.08 bits per heavy atom. The van der Waals surface area contributed by atoms with E-state index in [1.807, 2.05) is 6.92 Å². The van der Waals surface area contributed by atoms with Gasteiger partial charge >= 0.3 is 12.4 Å². The van der Waals surface area contributed by atoms with Gasteiger partial charge < -0.3 is 9.47 Å². The normalized spacial score (nSPS) is 9.31. The summed E-state index contributed by atoms with van der Waals surface area (Å²) in [5.74, 6) is -0.183. The van der Waals surface area contributed by atoms with Crippen LogP contribution in [0.15, 0.2) is 0 Å². The Morgan fingerprint density at radius 3 is 2.69 bits per heavy atom. The lowest BCUT2D eigenvalue weighted by atomic mass is 10.2. The third-order valence-corrected chi connectivity index (χ3v) is 1.40. The summed E-state index contributed by atoms with van der Waals surface area (Å²) in [6.07, 6.45) is 2.60. The first-order chi connectivity index (χ1) is 6.31. The number of hydrogen-bond donors (Lipinski definition) is 0. The molecular weight excluding hydrogens is 172 g/mol. The lowest BCUT2D eigenvalue weighted by molar-refractivity contribution is -0.143. The fraction of sp³-hybridized carbons (Fsp3) is 0.778. The van der Waals surface area contributed by atoms with Gasteiger partial charge in [-0.2, -0.15) is 0 Å². The predicted octanol–water partition coefficient (Wildman–Crippen LogP) is 1.19. The van der Waals surface area contributed by atoms with Crippen LogP contribution in [-0.4, -0.2) is 25.7 Å². The summed E-state index contributed by atoms with van der Waals surface area (Å²) < 4.78 is 9.18. The molecule has 75 valence electrons.